The Kier molecular flexibility index (Phi) is 3.21. The molecule has 0 amide bonds. The highest BCUT2D eigenvalue weighted by molar-refractivity contribution is 6.33. The van der Waals surface area contributed by atoms with E-state index >= 15 is 0 Å². The number of aldehydes is 1. The van der Waals surface area contributed by atoms with E-state index in [0.29, 0.717) is 0 Å². The summed E-state index contributed by atoms with van der Waals surface area (Å²) in [5.41, 5.74) is -0.0371. The predicted molar refractivity (Wildman–Crippen MR) is 47.3 cm³/mol. The third-order valence-corrected chi connectivity index (χ3v) is 1.68. The molecule has 0 aliphatic rings. The Labute approximate surface area is 80.1 Å². The molecule has 74 valence electrons. The summed E-state index contributed by atoms with van der Waals surface area (Å²) >= 11 is 0. The lowest BCUT2D eigenvalue weighted by Gasteiger charge is -2.08. The van der Waals surface area contributed by atoms with Crippen LogP contribution >= 0.6 is 0 Å². The number of rotatable bonds is 3. The van der Waals surface area contributed by atoms with Gasteiger partial charge in [-0.15, -0.1) is 0 Å². The van der Waals surface area contributed by atoms with Gasteiger partial charge < -0.3 is 14.7 Å². The van der Waals surface area contributed by atoms with Crippen LogP contribution in [-0.4, -0.2) is 23.7 Å². The molecule has 2 N–H and O–H groups in total. The van der Waals surface area contributed by atoms with E-state index in [9.17, 15) is 9.18 Å². The van der Waals surface area contributed by atoms with Crippen LogP contribution in [0.2, 0.25) is 0 Å². The van der Waals surface area contributed by atoms with Crippen molar-refractivity contribution < 1.29 is 23.9 Å². The molecule has 4 nitrogen and oxygen atoms in total. The zero-order valence-electron chi connectivity index (χ0n) is 7.40. The van der Waals surface area contributed by atoms with Gasteiger partial charge in [-0.1, -0.05) is 6.07 Å². The van der Waals surface area contributed by atoms with Crippen LogP contribution in [0.15, 0.2) is 12.1 Å². The molecule has 1 aromatic rings. The van der Waals surface area contributed by atoms with Gasteiger partial charge in [-0.3, -0.25) is 4.79 Å². The number of hydrogen-bond donors (Lipinski definition) is 2. The maximum atomic E-state index is 13.2. The molecule has 0 aromatic heterocycles. The molecular weight excluding hydrogens is 190 g/mol. The monoisotopic (exact) mass is 198 g/mol. The minimum atomic E-state index is -2.07. The van der Waals surface area contributed by atoms with Gasteiger partial charge in [0.05, 0.1) is 5.56 Å². The maximum Gasteiger partial charge on any atom is 0.707 e. The fourth-order valence-electron chi connectivity index (χ4n) is 1.01. The zero-order chi connectivity index (χ0) is 10.7. The number of carbonyl (C=O) groups excluding carboxylic acids is 1. The summed E-state index contributed by atoms with van der Waals surface area (Å²) in [6.07, 6.45) is 0.264. The van der Waals surface area contributed by atoms with Gasteiger partial charge in [0.1, 0.15) is 11.6 Å². The van der Waals surface area contributed by atoms with E-state index in [1.54, 1.807) is 0 Å². The molecule has 6 heteroatoms. The highest BCUT2D eigenvalue weighted by atomic mass is 19.1. The van der Waals surface area contributed by atoms with Gasteiger partial charge in [0.15, 0.2) is 6.29 Å². The Balaban J connectivity index is 3.17. The normalized spacial score (nSPS) is 9.71. The van der Waals surface area contributed by atoms with Crippen molar-refractivity contribution in [3.05, 3.63) is 29.1 Å². The molecule has 0 saturated carbocycles. The average molecular weight is 198 g/mol. The average Bonchev–Trinajstić information content (AvgIpc) is 2.11. The van der Waals surface area contributed by atoms with Crippen LogP contribution in [0.5, 0.6) is 5.75 Å². The van der Waals surface area contributed by atoms with Gasteiger partial charge in [-0.2, -0.15) is 0 Å². The fraction of sp³-hybridized carbons (Fsp3) is 0.125. The molecule has 0 atom stereocenters. The highest BCUT2D eigenvalue weighted by Gasteiger charge is 2.17. The molecule has 14 heavy (non-hydrogen) atoms. The highest BCUT2D eigenvalue weighted by Crippen LogP contribution is 2.22. The van der Waals surface area contributed by atoms with Gasteiger partial charge in [-0.25, -0.2) is 4.39 Å². The first-order chi connectivity index (χ1) is 6.56. The SMILES string of the molecule is Cc1ccc(OB(O)O)c(C=O)c1F. The molecule has 0 aliphatic heterocycles. The first kappa shape index (κ1) is 10.7. The Morgan fingerprint density at radius 3 is 2.64 bits per heavy atom. The second kappa shape index (κ2) is 4.21. The summed E-state index contributed by atoms with van der Waals surface area (Å²) in [7, 11) is -2.07. The molecular formula is C8H8BFO4. The lowest BCUT2D eigenvalue weighted by atomic mass is 10.1. The second-order valence-corrected chi connectivity index (χ2v) is 2.67. The number of benzene rings is 1. The smallest absolute Gasteiger partial charge is 0.511 e. The molecule has 1 aromatic carbocycles. The quantitative estimate of drug-likeness (QED) is 0.541. The summed E-state index contributed by atoms with van der Waals surface area (Å²) in [5, 5.41) is 17.0. The van der Waals surface area contributed by atoms with E-state index in [4.69, 9.17) is 10.0 Å². The Morgan fingerprint density at radius 1 is 1.50 bits per heavy atom. The first-order valence-electron chi connectivity index (χ1n) is 3.83. The van der Waals surface area contributed by atoms with E-state index in [2.05, 4.69) is 4.65 Å². The van der Waals surface area contributed by atoms with Crippen LogP contribution in [0.25, 0.3) is 0 Å². The van der Waals surface area contributed by atoms with Crippen molar-refractivity contribution in [2.75, 3.05) is 0 Å². The molecule has 0 heterocycles. The summed E-state index contributed by atoms with van der Waals surface area (Å²) in [6, 6.07) is 2.67. The second-order valence-electron chi connectivity index (χ2n) is 2.67. The minimum absolute atomic E-state index is 0.196. The lowest BCUT2D eigenvalue weighted by molar-refractivity contribution is 0.111. The Bertz CT molecular complexity index is 353. The minimum Gasteiger partial charge on any atom is -0.511 e. The number of carbonyl (C=O) groups is 1. The zero-order valence-corrected chi connectivity index (χ0v) is 7.40. The summed E-state index contributed by atoms with van der Waals surface area (Å²) < 4.78 is 17.7. The molecule has 1 rings (SSSR count). The van der Waals surface area contributed by atoms with Gasteiger partial charge in [0.25, 0.3) is 0 Å². The summed E-state index contributed by atoms with van der Waals surface area (Å²) in [6.45, 7) is 1.49. The molecule has 0 radical (unpaired) electrons. The van der Waals surface area contributed by atoms with E-state index < -0.39 is 13.1 Å². The standard InChI is InChI=1S/C8H8BFO4/c1-5-2-3-7(14-9(12)13)6(4-11)8(5)10/h2-4,12-13H,1H3. The Morgan fingerprint density at radius 2 is 2.14 bits per heavy atom. The van der Waals surface area contributed by atoms with Gasteiger partial charge >= 0.3 is 7.32 Å². The molecule has 0 saturated heterocycles. The Hall–Kier alpha value is -1.40. The van der Waals surface area contributed by atoms with Crippen molar-refractivity contribution in [1.82, 2.24) is 0 Å². The van der Waals surface area contributed by atoms with E-state index in [0.717, 1.165) is 0 Å². The molecule has 0 aliphatic carbocycles. The van der Waals surface area contributed by atoms with Crippen LogP contribution in [0, 0.1) is 12.7 Å². The topological polar surface area (TPSA) is 66.8 Å². The van der Waals surface area contributed by atoms with Crippen LogP contribution in [-0.2, 0) is 0 Å². The molecule has 0 bridgehead atoms. The molecule has 0 spiro atoms. The molecule has 0 fully saturated rings. The van der Waals surface area contributed by atoms with Crippen LogP contribution in [0.3, 0.4) is 0 Å². The molecule has 0 unspecified atom stereocenters. The summed E-state index contributed by atoms with van der Waals surface area (Å²) in [5.74, 6) is -0.920. The first-order valence-corrected chi connectivity index (χ1v) is 3.83. The van der Waals surface area contributed by atoms with Gasteiger partial charge in [-0.05, 0) is 18.6 Å². The van der Waals surface area contributed by atoms with Crippen LogP contribution < -0.4 is 4.65 Å². The number of halogens is 1. The lowest BCUT2D eigenvalue weighted by Crippen LogP contribution is -2.21. The largest absolute Gasteiger partial charge is 0.707 e. The van der Waals surface area contributed by atoms with Crippen molar-refractivity contribution in [3.8, 4) is 5.75 Å². The number of aryl methyl sites for hydroxylation is 1. The fourth-order valence-corrected chi connectivity index (χ4v) is 1.01. The van der Waals surface area contributed by atoms with Gasteiger partial charge in [0.2, 0.25) is 0 Å². The van der Waals surface area contributed by atoms with Crippen molar-refractivity contribution in [1.29, 1.82) is 0 Å². The summed E-state index contributed by atoms with van der Waals surface area (Å²) in [4.78, 5) is 10.5. The van der Waals surface area contributed by atoms with Crippen molar-refractivity contribution >= 4 is 13.6 Å². The predicted octanol–water partition coefficient (Wildman–Crippen LogP) is 0.295. The van der Waals surface area contributed by atoms with E-state index in [1.807, 2.05) is 0 Å². The van der Waals surface area contributed by atoms with Crippen molar-refractivity contribution in [2.24, 2.45) is 0 Å². The third kappa shape index (κ3) is 2.10. The van der Waals surface area contributed by atoms with Crippen molar-refractivity contribution in [3.63, 3.8) is 0 Å². The van der Waals surface area contributed by atoms with E-state index in [1.165, 1.54) is 19.1 Å². The van der Waals surface area contributed by atoms with Gasteiger partial charge in [0, 0.05) is 0 Å². The third-order valence-electron chi connectivity index (χ3n) is 1.68. The van der Waals surface area contributed by atoms with Crippen LogP contribution in [0.4, 0.5) is 4.39 Å². The van der Waals surface area contributed by atoms with Crippen LogP contribution in [0.1, 0.15) is 15.9 Å². The maximum absolute atomic E-state index is 13.2. The van der Waals surface area contributed by atoms with Crippen molar-refractivity contribution in [2.45, 2.75) is 6.92 Å². The number of hydrogen-bond acceptors (Lipinski definition) is 4. The van der Waals surface area contributed by atoms with E-state index in [-0.39, 0.29) is 23.2 Å².